The molecule has 4 rings (SSSR count). The minimum absolute atomic E-state index is 0.0599. The number of allylic oxidation sites excluding steroid dienone is 1. The molecule has 6 heteroatoms. The fourth-order valence-electron chi connectivity index (χ4n) is 2.96. The fraction of sp³-hybridized carbons (Fsp3) is 0.238. The molecule has 0 radical (unpaired) electrons. The monoisotopic (exact) mass is 366 g/mol. The van der Waals surface area contributed by atoms with Crippen molar-refractivity contribution in [3.05, 3.63) is 64.4 Å². The molecule has 6 nitrogen and oxygen atoms in total. The third kappa shape index (κ3) is 3.03. The minimum atomic E-state index is -0.832. The smallest absolute Gasteiger partial charge is 0.336 e. The Kier molecular flexibility index (Phi) is 3.91. The molecule has 0 N–H and O–H groups in total. The van der Waals surface area contributed by atoms with Crippen LogP contribution in [0.15, 0.2) is 67.6 Å². The van der Waals surface area contributed by atoms with Crippen molar-refractivity contribution in [3.63, 3.8) is 0 Å². The van der Waals surface area contributed by atoms with Gasteiger partial charge in [0, 0.05) is 18.2 Å². The summed E-state index contributed by atoms with van der Waals surface area (Å²) in [4.78, 5) is 23.4. The van der Waals surface area contributed by atoms with Crippen molar-refractivity contribution in [1.82, 2.24) is 0 Å². The van der Waals surface area contributed by atoms with Gasteiger partial charge in [0.25, 0.3) is 0 Å². The van der Waals surface area contributed by atoms with Crippen molar-refractivity contribution in [1.29, 1.82) is 0 Å². The van der Waals surface area contributed by atoms with Crippen LogP contribution in [0.25, 0.3) is 21.9 Å². The summed E-state index contributed by atoms with van der Waals surface area (Å²) in [7, 11) is 0. The van der Waals surface area contributed by atoms with Crippen LogP contribution in [0.3, 0.4) is 0 Å². The van der Waals surface area contributed by atoms with Crippen LogP contribution < -0.4 is 10.4 Å². The molecule has 138 valence electrons. The zero-order chi connectivity index (χ0) is 19.2. The van der Waals surface area contributed by atoms with E-state index in [0.717, 1.165) is 11.0 Å². The van der Waals surface area contributed by atoms with Gasteiger partial charge < -0.3 is 18.3 Å². The average molecular weight is 366 g/mol. The van der Waals surface area contributed by atoms with Crippen LogP contribution in [0, 0.1) is 0 Å². The summed E-state index contributed by atoms with van der Waals surface area (Å²) in [5, 5.41) is 1.47. The number of benzene rings is 1. The van der Waals surface area contributed by atoms with E-state index < -0.39 is 11.2 Å². The van der Waals surface area contributed by atoms with E-state index in [1.807, 2.05) is 13.0 Å². The first-order chi connectivity index (χ1) is 12.8. The van der Waals surface area contributed by atoms with Crippen molar-refractivity contribution < 1.29 is 23.1 Å². The van der Waals surface area contributed by atoms with Crippen molar-refractivity contribution in [2.24, 2.45) is 0 Å². The van der Waals surface area contributed by atoms with Crippen LogP contribution in [-0.2, 0) is 9.53 Å². The van der Waals surface area contributed by atoms with Crippen LogP contribution >= 0.6 is 0 Å². The summed E-state index contributed by atoms with van der Waals surface area (Å²) >= 11 is 0. The summed E-state index contributed by atoms with van der Waals surface area (Å²) in [6.45, 7) is 5.59. The van der Waals surface area contributed by atoms with E-state index in [0.29, 0.717) is 28.1 Å². The second-order valence-electron chi connectivity index (χ2n) is 6.89. The maximum atomic E-state index is 11.9. The lowest BCUT2D eigenvalue weighted by Crippen LogP contribution is -2.27. The number of ether oxygens (including phenoxy) is 2. The summed E-state index contributed by atoms with van der Waals surface area (Å²) in [5.41, 5.74) is 0.509. The van der Waals surface area contributed by atoms with Gasteiger partial charge in [0.05, 0.1) is 17.0 Å². The van der Waals surface area contributed by atoms with Crippen molar-refractivity contribution in [2.75, 3.05) is 6.61 Å². The summed E-state index contributed by atoms with van der Waals surface area (Å²) in [5.74, 6) is 1.06. The third-order valence-corrected chi connectivity index (χ3v) is 4.54. The molecule has 0 atom stereocenters. The Balaban J connectivity index is 1.64. The first-order valence-electron chi connectivity index (χ1n) is 8.54. The van der Waals surface area contributed by atoms with E-state index in [4.69, 9.17) is 18.3 Å². The number of carbonyl (C=O) groups is 1. The summed E-state index contributed by atoms with van der Waals surface area (Å²) in [6.07, 6.45) is 4.90. The van der Waals surface area contributed by atoms with Gasteiger partial charge in [-0.25, -0.2) is 4.79 Å². The van der Waals surface area contributed by atoms with E-state index in [-0.39, 0.29) is 12.4 Å². The van der Waals surface area contributed by atoms with Gasteiger partial charge in [-0.3, -0.25) is 4.79 Å². The topological polar surface area (TPSA) is 78.9 Å². The highest BCUT2D eigenvalue weighted by Crippen LogP contribution is 2.35. The molecule has 2 aromatic heterocycles. The molecule has 0 bridgehead atoms. The predicted octanol–water partition coefficient (Wildman–Crippen LogP) is 4.13. The first-order valence-corrected chi connectivity index (χ1v) is 8.54. The number of rotatable bonds is 4. The number of furan rings is 1. The summed E-state index contributed by atoms with van der Waals surface area (Å²) < 4.78 is 22.3. The van der Waals surface area contributed by atoms with Gasteiger partial charge in [0.1, 0.15) is 29.3 Å². The van der Waals surface area contributed by atoms with E-state index in [2.05, 4.69) is 0 Å². The van der Waals surface area contributed by atoms with E-state index >= 15 is 0 Å². The number of hydrogen-bond acceptors (Lipinski definition) is 6. The lowest BCUT2D eigenvalue weighted by atomic mass is 10.1. The van der Waals surface area contributed by atoms with Gasteiger partial charge in [-0.2, -0.15) is 0 Å². The van der Waals surface area contributed by atoms with Crippen molar-refractivity contribution >= 4 is 27.7 Å². The Morgan fingerprint density at radius 2 is 1.93 bits per heavy atom. The van der Waals surface area contributed by atoms with Crippen LogP contribution in [0.2, 0.25) is 0 Å². The molecule has 0 aliphatic carbocycles. The third-order valence-electron chi connectivity index (χ3n) is 4.54. The van der Waals surface area contributed by atoms with Crippen molar-refractivity contribution in [3.8, 4) is 5.75 Å². The highest BCUT2D eigenvalue weighted by Gasteiger charge is 2.35. The van der Waals surface area contributed by atoms with Crippen LogP contribution in [0.4, 0.5) is 0 Å². The average Bonchev–Trinajstić information content (AvgIpc) is 3.18. The first kappa shape index (κ1) is 17.1. The second kappa shape index (κ2) is 6.16. The minimum Gasteiger partial charge on any atom is -0.488 e. The van der Waals surface area contributed by atoms with Crippen LogP contribution in [0.5, 0.6) is 5.75 Å². The Morgan fingerprint density at radius 3 is 2.67 bits per heavy atom. The maximum absolute atomic E-state index is 11.9. The molecular weight excluding hydrogens is 348 g/mol. The molecule has 1 aliphatic heterocycles. The lowest BCUT2D eigenvalue weighted by Gasteiger charge is -2.18. The van der Waals surface area contributed by atoms with E-state index in [1.165, 1.54) is 12.1 Å². The second-order valence-corrected chi connectivity index (χ2v) is 6.89. The highest BCUT2D eigenvalue weighted by atomic mass is 16.5. The molecule has 1 aromatic carbocycles. The molecule has 0 unspecified atom stereocenters. The fourth-order valence-corrected chi connectivity index (χ4v) is 2.96. The molecule has 1 aliphatic rings. The number of fused-ring (bicyclic) bond motifs is 2. The standard InChI is InChI=1S/C21H18O6/c1-12(15-11-18(22)21(2,3)27-15)6-8-25-20-13-4-5-19(23)26-17(13)10-16-14(20)7-9-24-16/h4-7,9-11H,8H2,1-3H3/b12-6+. The van der Waals surface area contributed by atoms with Crippen molar-refractivity contribution in [2.45, 2.75) is 26.4 Å². The Bertz CT molecular complexity index is 1170. The molecule has 0 amide bonds. The SMILES string of the molecule is C/C(=C\COc1c2ccoc2cc2oc(=O)ccc12)C1=CC(=O)C(C)(C)O1. The van der Waals surface area contributed by atoms with E-state index in [9.17, 15) is 9.59 Å². The number of hydrogen-bond donors (Lipinski definition) is 0. The Morgan fingerprint density at radius 1 is 1.15 bits per heavy atom. The summed E-state index contributed by atoms with van der Waals surface area (Å²) in [6, 6.07) is 6.50. The predicted molar refractivity (Wildman–Crippen MR) is 99.8 cm³/mol. The number of carbonyl (C=O) groups excluding carboxylic acids is 1. The highest BCUT2D eigenvalue weighted by molar-refractivity contribution is 6.01. The Hall–Kier alpha value is -3.28. The molecule has 3 heterocycles. The molecule has 0 saturated carbocycles. The van der Waals surface area contributed by atoms with Gasteiger partial charge in [0.15, 0.2) is 5.60 Å². The zero-order valence-corrected chi connectivity index (χ0v) is 15.2. The molecule has 0 fully saturated rings. The largest absolute Gasteiger partial charge is 0.488 e. The maximum Gasteiger partial charge on any atom is 0.336 e. The van der Waals surface area contributed by atoms with Gasteiger partial charge >= 0.3 is 5.63 Å². The Labute approximate surface area is 154 Å². The molecule has 3 aromatic rings. The molecule has 0 saturated heterocycles. The molecule has 27 heavy (non-hydrogen) atoms. The van der Waals surface area contributed by atoms with Crippen LogP contribution in [0.1, 0.15) is 20.8 Å². The van der Waals surface area contributed by atoms with E-state index in [1.54, 1.807) is 38.3 Å². The lowest BCUT2D eigenvalue weighted by molar-refractivity contribution is -0.126. The normalized spacial score (nSPS) is 16.6. The van der Waals surface area contributed by atoms with Gasteiger partial charge in [-0.1, -0.05) is 0 Å². The molecule has 0 spiro atoms. The quantitative estimate of drug-likeness (QED) is 0.646. The zero-order valence-electron chi connectivity index (χ0n) is 15.2. The van der Waals surface area contributed by atoms with Gasteiger partial charge in [-0.15, -0.1) is 0 Å². The molecular formula is C21H18O6. The number of ketones is 1. The van der Waals surface area contributed by atoms with Crippen LogP contribution in [-0.4, -0.2) is 18.0 Å². The van der Waals surface area contributed by atoms with Gasteiger partial charge in [-0.05, 0) is 44.6 Å². The van der Waals surface area contributed by atoms with Gasteiger partial charge in [0.2, 0.25) is 5.78 Å².